The number of aromatic nitrogens is 1. The fourth-order valence-electron chi connectivity index (χ4n) is 2.81. The summed E-state index contributed by atoms with van der Waals surface area (Å²) in [6, 6.07) is 8.50. The first-order chi connectivity index (χ1) is 13.8. The van der Waals surface area contributed by atoms with E-state index in [0.717, 1.165) is 4.57 Å². The third-order valence-electron chi connectivity index (χ3n) is 4.25. The van der Waals surface area contributed by atoms with Crippen LogP contribution in [0.5, 0.6) is 11.6 Å². The molecule has 8 heteroatoms. The average molecular weight is 419 g/mol. The normalized spacial score (nSPS) is 10.8. The number of halogens is 1. The molecular weight excluding hydrogens is 396 g/mol. The van der Waals surface area contributed by atoms with Gasteiger partial charge in [0.15, 0.2) is 6.61 Å². The van der Waals surface area contributed by atoms with E-state index in [1.54, 1.807) is 24.3 Å². The fraction of sp³-hybridized carbons (Fsp3) is 0.381. The highest BCUT2D eigenvalue weighted by Gasteiger charge is 2.24. The molecule has 1 aromatic carbocycles. The maximum atomic E-state index is 12.7. The predicted octanol–water partition coefficient (Wildman–Crippen LogP) is 3.46. The number of carbonyl (C=O) groups is 1. The molecule has 0 aliphatic rings. The van der Waals surface area contributed by atoms with E-state index < -0.39 is 23.8 Å². The zero-order chi connectivity index (χ0) is 21.6. The molecule has 29 heavy (non-hydrogen) atoms. The Kier molecular flexibility index (Phi) is 7.82. The third-order valence-corrected chi connectivity index (χ3v) is 4.56. The van der Waals surface area contributed by atoms with Crippen molar-refractivity contribution in [2.75, 3.05) is 13.2 Å². The van der Waals surface area contributed by atoms with E-state index in [-0.39, 0.29) is 29.3 Å². The van der Waals surface area contributed by atoms with Gasteiger partial charge in [-0.2, -0.15) is 5.26 Å². The Hall–Kier alpha value is -2.82. The van der Waals surface area contributed by atoms with Gasteiger partial charge in [-0.15, -0.1) is 0 Å². The summed E-state index contributed by atoms with van der Waals surface area (Å²) in [5.74, 6) is -0.730. The van der Waals surface area contributed by atoms with Crippen LogP contribution in [0.3, 0.4) is 0 Å². The number of benzene rings is 1. The summed E-state index contributed by atoms with van der Waals surface area (Å²) in [7, 11) is 0. The smallest absolute Gasteiger partial charge is 0.271 e. The first kappa shape index (κ1) is 22.5. The van der Waals surface area contributed by atoms with Crippen LogP contribution < -0.4 is 10.3 Å². The topological polar surface area (TPSA) is 102 Å². The van der Waals surface area contributed by atoms with Crippen molar-refractivity contribution in [3.63, 3.8) is 0 Å². The molecule has 2 aromatic rings. The van der Waals surface area contributed by atoms with E-state index >= 15 is 0 Å². The highest BCUT2D eigenvalue weighted by Crippen LogP contribution is 2.25. The minimum atomic E-state index is -0.643. The van der Waals surface area contributed by atoms with Gasteiger partial charge in [-0.1, -0.05) is 23.7 Å². The predicted molar refractivity (Wildman–Crippen MR) is 109 cm³/mol. The number of carbonyl (C=O) groups excluding carboxylic acids is 1. The highest BCUT2D eigenvalue weighted by molar-refractivity contribution is 6.32. The van der Waals surface area contributed by atoms with Crippen LogP contribution in [0.2, 0.25) is 5.02 Å². The Morgan fingerprint density at radius 2 is 2.03 bits per heavy atom. The van der Waals surface area contributed by atoms with Gasteiger partial charge in [0.1, 0.15) is 17.4 Å². The van der Waals surface area contributed by atoms with Crippen molar-refractivity contribution >= 4 is 17.4 Å². The fourth-order valence-corrected chi connectivity index (χ4v) is 3.00. The van der Waals surface area contributed by atoms with Crippen molar-refractivity contribution in [2.45, 2.75) is 39.8 Å². The van der Waals surface area contributed by atoms with Crippen molar-refractivity contribution < 1.29 is 19.4 Å². The number of aromatic hydroxyl groups is 1. The molecule has 0 radical (unpaired) electrons. The quantitative estimate of drug-likeness (QED) is 0.494. The van der Waals surface area contributed by atoms with Gasteiger partial charge in [-0.25, -0.2) is 0 Å². The lowest BCUT2D eigenvalue weighted by Gasteiger charge is -2.16. The molecule has 1 heterocycles. The van der Waals surface area contributed by atoms with Crippen LogP contribution >= 0.6 is 11.6 Å². The van der Waals surface area contributed by atoms with E-state index in [9.17, 15) is 20.0 Å². The zero-order valence-electron chi connectivity index (χ0n) is 16.6. The summed E-state index contributed by atoms with van der Waals surface area (Å²) in [6.45, 7) is 5.31. The Balaban J connectivity index is 2.31. The maximum Gasteiger partial charge on any atom is 0.271 e. The molecule has 0 bridgehead atoms. The zero-order valence-corrected chi connectivity index (χ0v) is 17.3. The molecule has 0 aliphatic heterocycles. The van der Waals surface area contributed by atoms with E-state index in [2.05, 4.69) is 0 Å². The Morgan fingerprint density at radius 1 is 1.34 bits per heavy atom. The second-order valence-corrected chi connectivity index (χ2v) is 7.09. The van der Waals surface area contributed by atoms with Crippen LogP contribution in [0.15, 0.2) is 29.1 Å². The number of pyridine rings is 1. The molecule has 0 unspecified atom stereocenters. The maximum absolute atomic E-state index is 12.7. The molecule has 0 amide bonds. The lowest BCUT2D eigenvalue weighted by molar-refractivity contribution is 0.0743. The Bertz CT molecular complexity index is 992. The number of nitriles is 1. The van der Waals surface area contributed by atoms with E-state index in [1.807, 2.05) is 19.9 Å². The van der Waals surface area contributed by atoms with Gasteiger partial charge in [0.2, 0.25) is 11.7 Å². The van der Waals surface area contributed by atoms with E-state index in [4.69, 9.17) is 21.1 Å². The van der Waals surface area contributed by atoms with Gasteiger partial charge >= 0.3 is 0 Å². The van der Waals surface area contributed by atoms with Gasteiger partial charge in [0.25, 0.3) is 5.56 Å². The second-order valence-electron chi connectivity index (χ2n) is 6.68. The number of nitrogens with zero attached hydrogens (tertiary/aromatic N) is 2. The summed E-state index contributed by atoms with van der Waals surface area (Å²) in [4.78, 5) is 25.3. The van der Waals surface area contributed by atoms with Crippen molar-refractivity contribution in [1.82, 2.24) is 4.57 Å². The first-order valence-corrected chi connectivity index (χ1v) is 9.54. The average Bonchev–Trinajstić information content (AvgIpc) is 2.66. The van der Waals surface area contributed by atoms with Gasteiger partial charge in [-0.3, -0.25) is 14.2 Å². The lowest BCUT2D eigenvalue weighted by atomic mass is 10.0. The molecule has 7 nitrogen and oxygen atoms in total. The van der Waals surface area contributed by atoms with Gasteiger partial charge in [-0.05, 0) is 44.9 Å². The van der Waals surface area contributed by atoms with Gasteiger partial charge in [0.05, 0.1) is 16.7 Å². The van der Waals surface area contributed by atoms with Crippen LogP contribution in [0.1, 0.15) is 41.8 Å². The number of ether oxygens (including phenoxy) is 2. The molecule has 0 aliphatic carbocycles. The number of para-hydroxylation sites is 1. The van der Waals surface area contributed by atoms with Crippen molar-refractivity contribution in [1.29, 1.82) is 5.26 Å². The van der Waals surface area contributed by atoms with Crippen LogP contribution in [0.25, 0.3) is 0 Å². The summed E-state index contributed by atoms with van der Waals surface area (Å²) < 4.78 is 11.9. The molecule has 0 saturated carbocycles. The third kappa shape index (κ3) is 5.37. The molecule has 1 N–H and O–H groups in total. The molecule has 0 saturated heterocycles. The molecule has 154 valence electrons. The van der Waals surface area contributed by atoms with Gasteiger partial charge < -0.3 is 14.6 Å². The summed E-state index contributed by atoms with van der Waals surface area (Å²) >= 11 is 6.02. The first-order valence-electron chi connectivity index (χ1n) is 9.16. The van der Waals surface area contributed by atoms with Crippen molar-refractivity contribution in [3.05, 3.63) is 56.3 Å². The molecule has 1 aromatic heterocycles. The van der Waals surface area contributed by atoms with E-state index in [1.165, 1.54) is 6.92 Å². The largest absolute Gasteiger partial charge is 0.494 e. The molecule has 0 fully saturated rings. The molecule has 2 rings (SSSR count). The molecule has 0 atom stereocenters. The van der Waals surface area contributed by atoms with Crippen LogP contribution in [0, 0.1) is 18.3 Å². The van der Waals surface area contributed by atoms with Crippen LogP contribution in [0.4, 0.5) is 0 Å². The number of hydrogen-bond acceptors (Lipinski definition) is 6. The Labute approximate surface area is 174 Å². The van der Waals surface area contributed by atoms with Crippen LogP contribution in [-0.4, -0.2) is 34.8 Å². The highest BCUT2D eigenvalue weighted by atomic mass is 35.5. The molecular formula is C21H23ClN2O5. The molecule has 0 spiro atoms. The number of hydrogen-bond donors (Lipinski definition) is 1. The SMILES string of the molecule is Cc1c(C(=O)COc2ccccc2Cl)c(O)n(CCCOC(C)C)c(=O)c1C#N. The summed E-state index contributed by atoms with van der Waals surface area (Å²) in [5.41, 5.74) is -0.820. The second kappa shape index (κ2) is 10.1. The van der Waals surface area contributed by atoms with E-state index in [0.29, 0.717) is 23.8 Å². The standard InChI is InChI=1S/C21H23ClN2O5/c1-13(2)28-10-6-9-24-20(26)15(11-23)14(3)19(21(24)27)17(25)12-29-18-8-5-4-7-16(18)22/h4-5,7-8,13,27H,6,9-10,12H2,1-3H3. The summed E-state index contributed by atoms with van der Waals surface area (Å²) in [5, 5.41) is 20.3. The number of ketones is 1. The minimum Gasteiger partial charge on any atom is -0.494 e. The summed E-state index contributed by atoms with van der Waals surface area (Å²) in [6.07, 6.45) is 0.468. The number of rotatable bonds is 9. The van der Waals surface area contributed by atoms with Crippen molar-refractivity contribution in [3.8, 4) is 17.7 Å². The monoisotopic (exact) mass is 418 g/mol. The van der Waals surface area contributed by atoms with Crippen LogP contribution in [-0.2, 0) is 11.3 Å². The Morgan fingerprint density at radius 3 is 2.66 bits per heavy atom. The van der Waals surface area contributed by atoms with Gasteiger partial charge in [0, 0.05) is 13.2 Å². The minimum absolute atomic E-state index is 0.0344. The van der Waals surface area contributed by atoms with Crippen molar-refractivity contribution in [2.24, 2.45) is 0 Å². The number of Topliss-reactive ketones (excluding diaryl/α,β-unsaturated/α-hetero) is 1. The lowest BCUT2D eigenvalue weighted by Crippen LogP contribution is -2.28.